The highest BCUT2D eigenvalue weighted by molar-refractivity contribution is 7.89. The van der Waals surface area contributed by atoms with Crippen LogP contribution in [0.5, 0.6) is 0 Å². The highest BCUT2D eigenvalue weighted by Crippen LogP contribution is 2.11. The maximum Gasteiger partial charge on any atom is 0.409 e. The molecular weight excluding hydrogens is 280 g/mol. The Balaban J connectivity index is 1.91. The Morgan fingerprint density at radius 1 is 1.30 bits per heavy atom. The molecule has 1 heterocycles. The molecule has 7 heteroatoms. The highest BCUT2D eigenvalue weighted by atomic mass is 32.2. The number of sulfonamides is 1. The Hall–Kier alpha value is -1.60. The van der Waals surface area contributed by atoms with Gasteiger partial charge < -0.3 is 9.64 Å². The second-order valence-electron chi connectivity index (χ2n) is 4.50. The van der Waals surface area contributed by atoms with E-state index in [-0.39, 0.29) is 11.4 Å². The Kier molecular flexibility index (Phi) is 4.61. The summed E-state index contributed by atoms with van der Waals surface area (Å²) in [7, 11) is -3.52. The molecule has 1 amide bonds. The van der Waals surface area contributed by atoms with Crippen LogP contribution in [0.2, 0.25) is 0 Å². The summed E-state index contributed by atoms with van der Waals surface area (Å²) in [4.78, 5) is 12.9. The van der Waals surface area contributed by atoms with Crippen LogP contribution in [-0.4, -0.2) is 45.7 Å². The van der Waals surface area contributed by atoms with Gasteiger partial charge in [0.2, 0.25) is 10.0 Å². The second kappa shape index (κ2) is 6.23. The third-order valence-electron chi connectivity index (χ3n) is 3.16. The van der Waals surface area contributed by atoms with Crippen molar-refractivity contribution in [2.24, 2.45) is 0 Å². The summed E-state index contributed by atoms with van der Waals surface area (Å²) in [5.41, 5.74) is 1.09. The van der Waals surface area contributed by atoms with Crippen LogP contribution in [0.25, 0.3) is 0 Å². The minimum atomic E-state index is -3.52. The van der Waals surface area contributed by atoms with Crippen LogP contribution in [0, 0.1) is 0 Å². The maximum atomic E-state index is 12.0. The molecule has 2 rings (SSSR count). The number of hydrogen-bond donors (Lipinski definition) is 1. The van der Waals surface area contributed by atoms with Gasteiger partial charge in [0.15, 0.2) is 0 Å². The van der Waals surface area contributed by atoms with Gasteiger partial charge in [0.1, 0.15) is 6.61 Å². The zero-order valence-electron chi connectivity index (χ0n) is 11.3. The standard InChI is InChI=1S/C13H18N2O4S/c1-2-11-3-5-12(6-4-11)20(17,18)14-7-8-15-9-10-19-13(15)16/h3-6,14H,2,7-10H2,1H3. The predicted octanol–water partition coefficient (Wildman–Crippen LogP) is 0.979. The van der Waals surface area contributed by atoms with Crippen molar-refractivity contribution in [3.63, 3.8) is 0 Å². The average molecular weight is 298 g/mol. The first-order valence-corrected chi connectivity index (χ1v) is 8.01. The summed E-state index contributed by atoms with van der Waals surface area (Å²) in [5.74, 6) is 0. The fourth-order valence-corrected chi connectivity index (χ4v) is 2.95. The van der Waals surface area contributed by atoms with E-state index in [1.54, 1.807) is 24.3 Å². The quantitative estimate of drug-likeness (QED) is 0.849. The van der Waals surface area contributed by atoms with E-state index in [4.69, 9.17) is 4.74 Å². The molecule has 0 atom stereocenters. The Bertz CT molecular complexity index is 569. The van der Waals surface area contributed by atoms with Crippen LogP contribution in [0.3, 0.4) is 0 Å². The van der Waals surface area contributed by atoms with E-state index >= 15 is 0 Å². The molecular formula is C13H18N2O4S. The van der Waals surface area contributed by atoms with Gasteiger partial charge in [-0.15, -0.1) is 0 Å². The van der Waals surface area contributed by atoms with E-state index in [0.29, 0.717) is 19.7 Å². The van der Waals surface area contributed by atoms with Crippen LogP contribution in [0.1, 0.15) is 12.5 Å². The lowest BCUT2D eigenvalue weighted by Gasteiger charge is -2.13. The number of hydrogen-bond acceptors (Lipinski definition) is 4. The molecule has 6 nitrogen and oxygen atoms in total. The molecule has 0 spiro atoms. The zero-order valence-corrected chi connectivity index (χ0v) is 12.1. The van der Waals surface area contributed by atoms with Crippen LogP contribution in [-0.2, 0) is 21.2 Å². The normalized spacial score (nSPS) is 15.4. The lowest BCUT2D eigenvalue weighted by Crippen LogP contribution is -2.35. The van der Waals surface area contributed by atoms with Crippen molar-refractivity contribution in [1.29, 1.82) is 0 Å². The van der Waals surface area contributed by atoms with E-state index in [9.17, 15) is 13.2 Å². The lowest BCUT2D eigenvalue weighted by atomic mass is 10.2. The van der Waals surface area contributed by atoms with Crippen molar-refractivity contribution < 1.29 is 17.9 Å². The van der Waals surface area contributed by atoms with Crippen molar-refractivity contribution in [1.82, 2.24) is 9.62 Å². The molecule has 1 aromatic rings. The number of ether oxygens (including phenoxy) is 1. The predicted molar refractivity (Wildman–Crippen MR) is 73.9 cm³/mol. The van der Waals surface area contributed by atoms with Crippen molar-refractivity contribution in [2.45, 2.75) is 18.2 Å². The molecule has 0 saturated carbocycles. The van der Waals surface area contributed by atoms with Crippen molar-refractivity contribution in [3.05, 3.63) is 29.8 Å². The first kappa shape index (κ1) is 14.8. The number of cyclic esters (lactones) is 1. The molecule has 1 saturated heterocycles. The molecule has 1 aliphatic heterocycles. The van der Waals surface area contributed by atoms with Crippen LogP contribution >= 0.6 is 0 Å². The van der Waals surface area contributed by atoms with Crippen molar-refractivity contribution in [2.75, 3.05) is 26.2 Å². The van der Waals surface area contributed by atoms with E-state index in [0.717, 1.165) is 12.0 Å². The molecule has 0 bridgehead atoms. The number of carbonyl (C=O) groups excluding carboxylic acids is 1. The summed E-state index contributed by atoms with van der Waals surface area (Å²) < 4.78 is 31.3. The maximum absolute atomic E-state index is 12.0. The van der Waals surface area contributed by atoms with E-state index in [2.05, 4.69) is 4.72 Å². The first-order chi connectivity index (χ1) is 9.53. The number of aryl methyl sites for hydroxylation is 1. The fourth-order valence-electron chi connectivity index (χ4n) is 1.93. The summed E-state index contributed by atoms with van der Waals surface area (Å²) in [6.45, 7) is 3.37. The van der Waals surface area contributed by atoms with Gasteiger partial charge >= 0.3 is 6.09 Å². The SMILES string of the molecule is CCc1ccc(S(=O)(=O)NCCN2CCOC2=O)cc1. The molecule has 0 unspecified atom stereocenters. The molecule has 0 aliphatic carbocycles. The molecule has 0 radical (unpaired) electrons. The van der Waals surface area contributed by atoms with Gasteiger partial charge in [-0.05, 0) is 24.1 Å². The van der Waals surface area contributed by atoms with Gasteiger partial charge in [-0.3, -0.25) is 0 Å². The average Bonchev–Trinajstić information content (AvgIpc) is 2.84. The smallest absolute Gasteiger partial charge is 0.409 e. The van der Waals surface area contributed by atoms with Gasteiger partial charge in [-0.1, -0.05) is 19.1 Å². The van der Waals surface area contributed by atoms with Crippen LogP contribution in [0.4, 0.5) is 4.79 Å². The minimum Gasteiger partial charge on any atom is -0.448 e. The van der Waals surface area contributed by atoms with E-state index in [1.165, 1.54) is 4.90 Å². The number of nitrogens with one attached hydrogen (secondary N) is 1. The van der Waals surface area contributed by atoms with Gasteiger partial charge in [0, 0.05) is 13.1 Å². The van der Waals surface area contributed by atoms with Gasteiger partial charge in [0.05, 0.1) is 11.4 Å². The van der Waals surface area contributed by atoms with Crippen LogP contribution < -0.4 is 4.72 Å². The van der Waals surface area contributed by atoms with Gasteiger partial charge in [-0.2, -0.15) is 0 Å². The van der Waals surface area contributed by atoms with Crippen molar-refractivity contribution >= 4 is 16.1 Å². The summed E-state index contributed by atoms with van der Waals surface area (Å²) in [6, 6.07) is 6.77. The molecule has 20 heavy (non-hydrogen) atoms. The Morgan fingerprint density at radius 3 is 2.55 bits per heavy atom. The number of carbonyl (C=O) groups is 1. The number of rotatable bonds is 6. The molecule has 1 aliphatic rings. The van der Waals surface area contributed by atoms with E-state index in [1.807, 2.05) is 6.92 Å². The minimum absolute atomic E-state index is 0.174. The fraction of sp³-hybridized carbons (Fsp3) is 0.462. The molecule has 0 aromatic heterocycles. The van der Waals surface area contributed by atoms with Gasteiger partial charge in [0.25, 0.3) is 0 Å². The Morgan fingerprint density at radius 2 is 2.00 bits per heavy atom. The first-order valence-electron chi connectivity index (χ1n) is 6.53. The second-order valence-corrected chi connectivity index (χ2v) is 6.26. The third kappa shape index (κ3) is 3.49. The monoisotopic (exact) mass is 298 g/mol. The number of benzene rings is 1. The molecule has 110 valence electrons. The lowest BCUT2D eigenvalue weighted by molar-refractivity contribution is 0.159. The largest absolute Gasteiger partial charge is 0.448 e. The molecule has 1 N–H and O–H groups in total. The third-order valence-corrected chi connectivity index (χ3v) is 4.64. The number of nitrogens with zero attached hydrogens (tertiary/aromatic N) is 1. The number of amides is 1. The van der Waals surface area contributed by atoms with Crippen LogP contribution in [0.15, 0.2) is 29.2 Å². The topological polar surface area (TPSA) is 75.7 Å². The summed E-state index contributed by atoms with van der Waals surface area (Å²) in [5, 5.41) is 0. The summed E-state index contributed by atoms with van der Waals surface area (Å²) in [6.07, 6.45) is 0.474. The molecule has 1 aromatic carbocycles. The molecule has 1 fully saturated rings. The highest BCUT2D eigenvalue weighted by Gasteiger charge is 2.22. The summed E-state index contributed by atoms with van der Waals surface area (Å²) >= 11 is 0. The Labute approximate surface area is 118 Å². The van der Waals surface area contributed by atoms with Crippen molar-refractivity contribution in [3.8, 4) is 0 Å². The van der Waals surface area contributed by atoms with Gasteiger partial charge in [-0.25, -0.2) is 17.9 Å². The van der Waals surface area contributed by atoms with E-state index < -0.39 is 16.1 Å². The zero-order chi connectivity index (χ0) is 14.6.